The van der Waals surface area contributed by atoms with Gasteiger partial charge in [0, 0.05) is 13.0 Å². The van der Waals surface area contributed by atoms with E-state index in [1.54, 1.807) is 24.1 Å². The van der Waals surface area contributed by atoms with Crippen molar-refractivity contribution < 1.29 is 19.0 Å². The van der Waals surface area contributed by atoms with Crippen molar-refractivity contribution in [2.75, 3.05) is 13.7 Å². The number of para-hydroxylation sites is 1. The molecule has 1 fully saturated rings. The molecule has 0 saturated carbocycles. The number of benzene rings is 2. The number of halogens is 1. The highest BCUT2D eigenvalue weighted by atomic mass is 19.1. The first kappa shape index (κ1) is 17.4. The molecular weight excluding hydrogens is 321 g/mol. The Morgan fingerprint density at radius 2 is 2.08 bits per heavy atom. The average molecular weight is 343 g/mol. The van der Waals surface area contributed by atoms with Crippen LogP contribution in [0.3, 0.4) is 0 Å². The van der Waals surface area contributed by atoms with Crippen LogP contribution in [0.5, 0.6) is 5.75 Å². The van der Waals surface area contributed by atoms with Crippen LogP contribution in [-0.4, -0.2) is 35.7 Å². The van der Waals surface area contributed by atoms with Gasteiger partial charge in [-0.05, 0) is 42.2 Å². The fourth-order valence-corrected chi connectivity index (χ4v) is 3.41. The summed E-state index contributed by atoms with van der Waals surface area (Å²) in [4.78, 5) is 14.4. The lowest BCUT2D eigenvalue weighted by Crippen LogP contribution is -2.32. The zero-order valence-electron chi connectivity index (χ0n) is 14.2. The lowest BCUT2D eigenvalue weighted by molar-refractivity contribution is -0.132. The first-order chi connectivity index (χ1) is 12.1. The number of aryl methyl sites for hydroxylation is 1. The van der Waals surface area contributed by atoms with E-state index in [0.717, 1.165) is 16.9 Å². The van der Waals surface area contributed by atoms with Crippen molar-refractivity contribution in [2.45, 2.75) is 31.4 Å². The first-order valence-electron chi connectivity index (χ1n) is 8.43. The number of aliphatic hydroxyl groups excluding tert-OH is 1. The number of β-amino-alcohol motifs (C(OH)–C–C–N with tert-alkyl or cyclic N) is 1. The molecule has 2 aromatic rings. The minimum Gasteiger partial charge on any atom is -0.496 e. The third-order valence-electron chi connectivity index (χ3n) is 4.63. The zero-order chi connectivity index (χ0) is 17.8. The summed E-state index contributed by atoms with van der Waals surface area (Å²) in [5, 5.41) is 10.0. The van der Waals surface area contributed by atoms with Gasteiger partial charge in [-0.25, -0.2) is 4.39 Å². The Balaban J connectivity index is 1.71. The number of likely N-dealkylation sites (tertiary alicyclic amines) is 1. The maximum Gasteiger partial charge on any atom is 0.223 e. The number of rotatable bonds is 5. The fourth-order valence-electron chi connectivity index (χ4n) is 3.41. The van der Waals surface area contributed by atoms with Gasteiger partial charge in [0.05, 0.1) is 19.3 Å². The van der Waals surface area contributed by atoms with E-state index in [-0.39, 0.29) is 24.3 Å². The quantitative estimate of drug-likeness (QED) is 0.908. The van der Waals surface area contributed by atoms with E-state index in [0.29, 0.717) is 19.3 Å². The molecule has 1 saturated heterocycles. The number of ether oxygens (including phenoxy) is 1. The SMILES string of the molecule is COc1ccccc1CCC(=O)N1C[C@@H](O)C[C@@H]1c1cccc(F)c1. The van der Waals surface area contributed by atoms with Crippen LogP contribution in [0.1, 0.15) is 30.0 Å². The van der Waals surface area contributed by atoms with E-state index in [1.165, 1.54) is 12.1 Å². The molecule has 4 nitrogen and oxygen atoms in total. The van der Waals surface area contributed by atoms with E-state index < -0.39 is 6.10 Å². The highest BCUT2D eigenvalue weighted by molar-refractivity contribution is 5.77. The van der Waals surface area contributed by atoms with E-state index >= 15 is 0 Å². The van der Waals surface area contributed by atoms with Gasteiger partial charge in [0.15, 0.2) is 0 Å². The molecule has 0 spiro atoms. The summed E-state index contributed by atoms with van der Waals surface area (Å²) in [5.41, 5.74) is 1.70. The van der Waals surface area contributed by atoms with Crippen LogP contribution >= 0.6 is 0 Å². The third-order valence-corrected chi connectivity index (χ3v) is 4.63. The molecule has 2 atom stereocenters. The molecule has 0 aromatic heterocycles. The zero-order valence-corrected chi connectivity index (χ0v) is 14.2. The van der Waals surface area contributed by atoms with Crippen LogP contribution in [0, 0.1) is 5.82 Å². The summed E-state index contributed by atoms with van der Waals surface area (Å²) in [7, 11) is 1.61. The summed E-state index contributed by atoms with van der Waals surface area (Å²) in [6.07, 6.45) is 0.733. The van der Waals surface area contributed by atoms with Crippen molar-refractivity contribution in [3.63, 3.8) is 0 Å². The molecule has 0 unspecified atom stereocenters. The number of carbonyl (C=O) groups is 1. The third kappa shape index (κ3) is 3.99. The minimum absolute atomic E-state index is 0.0447. The van der Waals surface area contributed by atoms with Gasteiger partial charge in [0.2, 0.25) is 5.91 Å². The van der Waals surface area contributed by atoms with Gasteiger partial charge in [0.1, 0.15) is 11.6 Å². The predicted molar refractivity (Wildman–Crippen MR) is 92.8 cm³/mol. The maximum absolute atomic E-state index is 13.5. The Hall–Kier alpha value is -2.40. The van der Waals surface area contributed by atoms with Gasteiger partial charge in [-0.15, -0.1) is 0 Å². The van der Waals surface area contributed by atoms with Crippen LogP contribution in [0.25, 0.3) is 0 Å². The average Bonchev–Trinajstić information content (AvgIpc) is 3.02. The van der Waals surface area contributed by atoms with E-state index in [9.17, 15) is 14.3 Å². The second-order valence-corrected chi connectivity index (χ2v) is 6.32. The fraction of sp³-hybridized carbons (Fsp3) is 0.350. The predicted octanol–water partition coefficient (Wildman–Crippen LogP) is 3.10. The standard InChI is InChI=1S/C20H22FNO3/c1-25-19-8-3-2-5-14(19)9-10-20(24)22-13-17(23)12-18(22)15-6-4-7-16(21)11-15/h2-8,11,17-18,23H,9-10,12-13H2,1H3/t17-,18+/m0/s1. The lowest BCUT2D eigenvalue weighted by Gasteiger charge is -2.25. The number of methoxy groups -OCH3 is 1. The van der Waals surface area contributed by atoms with Crippen molar-refractivity contribution in [2.24, 2.45) is 0 Å². The number of nitrogens with zero attached hydrogens (tertiary/aromatic N) is 1. The topological polar surface area (TPSA) is 49.8 Å². The maximum atomic E-state index is 13.5. The molecule has 0 radical (unpaired) electrons. The normalized spacial score (nSPS) is 19.9. The summed E-state index contributed by atoms with van der Waals surface area (Å²) < 4.78 is 18.8. The van der Waals surface area contributed by atoms with Crippen LogP contribution in [0.4, 0.5) is 4.39 Å². The van der Waals surface area contributed by atoms with E-state index in [2.05, 4.69) is 0 Å². The van der Waals surface area contributed by atoms with E-state index in [4.69, 9.17) is 4.74 Å². The molecule has 1 aliphatic heterocycles. The molecule has 3 rings (SSSR count). The van der Waals surface area contributed by atoms with Crippen molar-refractivity contribution in [3.05, 3.63) is 65.5 Å². The molecule has 1 heterocycles. The molecule has 132 valence electrons. The highest BCUT2D eigenvalue weighted by Gasteiger charge is 2.35. The Morgan fingerprint density at radius 1 is 1.28 bits per heavy atom. The minimum atomic E-state index is -0.580. The van der Waals surface area contributed by atoms with Crippen molar-refractivity contribution in [3.8, 4) is 5.75 Å². The summed E-state index contributed by atoms with van der Waals surface area (Å²) in [6.45, 7) is 0.284. The number of hydrogen-bond acceptors (Lipinski definition) is 3. The van der Waals surface area contributed by atoms with Gasteiger partial charge < -0.3 is 14.7 Å². The smallest absolute Gasteiger partial charge is 0.223 e. The lowest BCUT2D eigenvalue weighted by atomic mass is 10.0. The van der Waals surface area contributed by atoms with Gasteiger partial charge in [-0.2, -0.15) is 0 Å². The largest absolute Gasteiger partial charge is 0.496 e. The Morgan fingerprint density at radius 3 is 2.84 bits per heavy atom. The number of amides is 1. The molecule has 1 amide bonds. The molecule has 1 aliphatic rings. The monoisotopic (exact) mass is 343 g/mol. The molecule has 25 heavy (non-hydrogen) atoms. The van der Waals surface area contributed by atoms with Crippen molar-refractivity contribution in [1.29, 1.82) is 0 Å². The molecule has 0 bridgehead atoms. The second kappa shape index (κ2) is 7.66. The van der Waals surface area contributed by atoms with Crippen LogP contribution < -0.4 is 4.74 Å². The Kier molecular flexibility index (Phi) is 5.34. The number of aliphatic hydroxyl groups is 1. The molecule has 5 heteroatoms. The van der Waals surface area contributed by atoms with Crippen molar-refractivity contribution in [1.82, 2.24) is 4.90 Å². The first-order valence-corrected chi connectivity index (χ1v) is 8.43. The summed E-state index contributed by atoms with van der Waals surface area (Å²) in [5.74, 6) is 0.385. The second-order valence-electron chi connectivity index (χ2n) is 6.32. The van der Waals surface area contributed by atoms with Gasteiger partial charge >= 0.3 is 0 Å². The Labute approximate surface area is 146 Å². The van der Waals surface area contributed by atoms with Crippen LogP contribution in [0.15, 0.2) is 48.5 Å². The van der Waals surface area contributed by atoms with E-state index in [1.807, 2.05) is 24.3 Å². The van der Waals surface area contributed by atoms with Crippen LogP contribution in [0.2, 0.25) is 0 Å². The number of carbonyl (C=O) groups excluding carboxylic acids is 1. The number of hydrogen-bond donors (Lipinski definition) is 1. The highest BCUT2D eigenvalue weighted by Crippen LogP contribution is 2.33. The molecule has 0 aliphatic carbocycles. The van der Waals surface area contributed by atoms with Gasteiger partial charge in [-0.3, -0.25) is 4.79 Å². The summed E-state index contributed by atoms with van der Waals surface area (Å²) in [6, 6.07) is 13.6. The molecule has 2 aromatic carbocycles. The van der Waals surface area contributed by atoms with Crippen molar-refractivity contribution >= 4 is 5.91 Å². The Bertz CT molecular complexity index is 749. The molecular formula is C20H22FNO3. The van der Waals surface area contributed by atoms with Gasteiger partial charge in [-0.1, -0.05) is 30.3 Å². The van der Waals surface area contributed by atoms with Crippen LogP contribution in [-0.2, 0) is 11.2 Å². The summed E-state index contributed by atoms with van der Waals surface area (Å²) >= 11 is 0. The molecule has 1 N–H and O–H groups in total. The van der Waals surface area contributed by atoms with Gasteiger partial charge in [0.25, 0.3) is 0 Å².